The highest BCUT2D eigenvalue weighted by Gasteiger charge is 2.18. The average molecular weight is 419 g/mol. The molecule has 1 amide bonds. The van der Waals surface area contributed by atoms with Crippen molar-refractivity contribution in [3.8, 4) is 11.1 Å². The second-order valence-electron chi connectivity index (χ2n) is 6.38. The lowest BCUT2D eigenvalue weighted by Gasteiger charge is -2.22. The molecule has 9 heteroatoms. The van der Waals surface area contributed by atoms with Crippen LogP contribution in [0.15, 0.2) is 40.8 Å². The fourth-order valence-corrected chi connectivity index (χ4v) is 3.84. The Balaban J connectivity index is 1.90. The van der Waals surface area contributed by atoms with Crippen molar-refractivity contribution in [3.05, 3.63) is 52.1 Å². The first-order chi connectivity index (χ1) is 14.0. The molecule has 0 spiro atoms. The summed E-state index contributed by atoms with van der Waals surface area (Å²) in [5.41, 5.74) is 1.10. The van der Waals surface area contributed by atoms with Gasteiger partial charge in [0.25, 0.3) is 5.56 Å². The van der Waals surface area contributed by atoms with Crippen LogP contribution in [0.5, 0.6) is 0 Å². The molecule has 1 aromatic carbocycles. The molecule has 3 aromatic rings. The molecule has 0 bridgehead atoms. The Hall–Kier alpha value is -2.62. The predicted molar refractivity (Wildman–Crippen MR) is 110 cm³/mol. The molecule has 0 aliphatic carbocycles. The zero-order valence-electron chi connectivity index (χ0n) is 16.3. The van der Waals surface area contributed by atoms with Gasteiger partial charge in [-0.1, -0.05) is 12.1 Å². The van der Waals surface area contributed by atoms with Crippen molar-refractivity contribution >= 4 is 27.5 Å². The summed E-state index contributed by atoms with van der Waals surface area (Å²) >= 11 is 1.34. The summed E-state index contributed by atoms with van der Waals surface area (Å²) in [5.74, 6) is -0.567. The van der Waals surface area contributed by atoms with Crippen LogP contribution in [0.25, 0.3) is 21.3 Å². The number of benzene rings is 1. The van der Waals surface area contributed by atoms with Crippen molar-refractivity contribution < 1.29 is 18.7 Å². The van der Waals surface area contributed by atoms with Gasteiger partial charge in [0.15, 0.2) is 0 Å². The Morgan fingerprint density at radius 3 is 2.45 bits per heavy atom. The van der Waals surface area contributed by atoms with Crippen LogP contribution < -0.4 is 5.56 Å². The van der Waals surface area contributed by atoms with E-state index in [1.165, 1.54) is 34.4 Å². The zero-order valence-corrected chi connectivity index (χ0v) is 17.1. The van der Waals surface area contributed by atoms with Crippen molar-refractivity contribution in [2.45, 2.75) is 6.54 Å². The van der Waals surface area contributed by atoms with E-state index in [2.05, 4.69) is 4.98 Å². The number of hydrogen-bond donors (Lipinski definition) is 0. The Bertz CT molecular complexity index is 1020. The SMILES string of the molecule is COCCN(CCOC)C(=O)Cn1cnc2scc(-c3ccc(F)cc3)c2c1=O. The minimum Gasteiger partial charge on any atom is -0.383 e. The van der Waals surface area contributed by atoms with Gasteiger partial charge in [-0.15, -0.1) is 11.3 Å². The van der Waals surface area contributed by atoms with Crippen LogP contribution in [0.4, 0.5) is 4.39 Å². The third-order valence-electron chi connectivity index (χ3n) is 4.50. The van der Waals surface area contributed by atoms with Gasteiger partial charge in [0.05, 0.1) is 24.9 Å². The van der Waals surface area contributed by atoms with Gasteiger partial charge in [-0.3, -0.25) is 14.2 Å². The number of carbonyl (C=O) groups excluding carboxylic acids is 1. The number of hydrogen-bond acceptors (Lipinski definition) is 6. The molecule has 0 atom stereocenters. The summed E-state index contributed by atoms with van der Waals surface area (Å²) in [7, 11) is 3.13. The summed E-state index contributed by atoms with van der Waals surface area (Å²) in [6, 6.07) is 5.94. The predicted octanol–water partition coefficient (Wildman–Crippen LogP) is 2.39. The lowest BCUT2D eigenvalue weighted by molar-refractivity contribution is -0.133. The van der Waals surface area contributed by atoms with Crippen LogP contribution in [-0.2, 0) is 20.8 Å². The summed E-state index contributed by atoms with van der Waals surface area (Å²) in [6.45, 7) is 1.46. The molecule has 0 aliphatic heterocycles. The average Bonchev–Trinajstić information content (AvgIpc) is 3.15. The monoisotopic (exact) mass is 419 g/mol. The summed E-state index contributed by atoms with van der Waals surface area (Å²) < 4.78 is 24.7. The molecule has 0 unspecified atom stereocenters. The molecule has 0 radical (unpaired) electrons. The topological polar surface area (TPSA) is 73.7 Å². The molecule has 0 aliphatic rings. The first kappa shape index (κ1) is 21.1. The minimum absolute atomic E-state index is 0.131. The zero-order chi connectivity index (χ0) is 20.8. The Labute approximate surface area is 171 Å². The number of aromatic nitrogens is 2. The number of fused-ring (bicyclic) bond motifs is 1. The molecule has 0 N–H and O–H groups in total. The van der Waals surface area contributed by atoms with Crippen LogP contribution in [0, 0.1) is 5.82 Å². The van der Waals surface area contributed by atoms with E-state index >= 15 is 0 Å². The minimum atomic E-state index is -0.346. The largest absolute Gasteiger partial charge is 0.383 e. The fraction of sp³-hybridized carbons (Fsp3) is 0.350. The van der Waals surface area contributed by atoms with E-state index in [1.54, 1.807) is 31.3 Å². The van der Waals surface area contributed by atoms with E-state index in [0.29, 0.717) is 42.1 Å². The Morgan fingerprint density at radius 2 is 1.83 bits per heavy atom. The summed E-state index contributed by atoms with van der Waals surface area (Å²) in [6.07, 6.45) is 1.39. The van der Waals surface area contributed by atoms with E-state index in [-0.39, 0.29) is 23.8 Å². The van der Waals surface area contributed by atoms with E-state index in [1.807, 2.05) is 5.38 Å². The van der Waals surface area contributed by atoms with Crippen LogP contribution in [0.2, 0.25) is 0 Å². The van der Waals surface area contributed by atoms with Crippen LogP contribution in [-0.4, -0.2) is 60.9 Å². The summed E-state index contributed by atoms with van der Waals surface area (Å²) in [5, 5.41) is 2.25. The first-order valence-corrected chi connectivity index (χ1v) is 9.91. The first-order valence-electron chi connectivity index (χ1n) is 9.03. The third kappa shape index (κ3) is 4.87. The molecule has 2 heterocycles. The molecule has 3 rings (SSSR count). The smallest absolute Gasteiger partial charge is 0.263 e. The number of methoxy groups -OCH3 is 2. The number of carbonyl (C=O) groups is 1. The molecular weight excluding hydrogens is 397 g/mol. The van der Waals surface area contributed by atoms with Gasteiger partial charge in [0, 0.05) is 38.3 Å². The maximum absolute atomic E-state index is 13.2. The van der Waals surface area contributed by atoms with E-state index in [9.17, 15) is 14.0 Å². The van der Waals surface area contributed by atoms with Gasteiger partial charge in [-0.05, 0) is 17.7 Å². The number of amides is 1. The quantitative estimate of drug-likeness (QED) is 0.533. The third-order valence-corrected chi connectivity index (χ3v) is 5.39. The number of nitrogens with zero attached hydrogens (tertiary/aromatic N) is 3. The number of thiophene rings is 1. The maximum Gasteiger partial charge on any atom is 0.263 e. The molecule has 0 fully saturated rings. The molecule has 0 saturated carbocycles. The summed E-state index contributed by atoms with van der Waals surface area (Å²) in [4.78, 5) is 32.3. The van der Waals surface area contributed by atoms with Crippen LogP contribution >= 0.6 is 11.3 Å². The van der Waals surface area contributed by atoms with E-state index in [0.717, 1.165) is 5.56 Å². The highest BCUT2D eigenvalue weighted by atomic mass is 32.1. The molecule has 29 heavy (non-hydrogen) atoms. The maximum atomic E-state index is 13.2. The second-order valence-corrected chi connectivity index (χ2v) is 7.24. The molecule has 7 nitrogen and oxygen atoms in total. The lowest BCUT2D eigenvalue weighted by atomic mass is 10.1. The highest BCUT2D eigenvalue weighted by molar-refractivity contribution is 7.17. The molecule has 0 saturated heterocycles. The standard InChI is InChI=1S/C20H22FN3O4S/c1-27-9-7-23(8-10-28-2)17(25)11-24-13-22-19-18(20(24)26)16(12-29-19)14-3-5-15(21)6-4-14/h3-6,12-13H,7-11H2,1-2H3. The van der Waals surface area contributed by atoms with Crippen molar-refractivity contribution in [2.24, 2.45) is 0 Å². The van der Waals surface area contributed by atoms with Crippen LogP contribution in [0.1, 0.15) is 0 Å². The van der Waals surface area contributed by atoms with Gasteiger partial charge in [0.2, 0.25) is 5.91 Å². The van der Waals surface area contributed by atoms with E-state index in [4.69, 9.17) is 9.47 Å². The number of rotatable bonds is 9. The number of ether oxygens (including phenoxy) is 2. The fourth-order valence-electron chi connectivity index (χ4n) is 2.93. The molecular formula is C20H22FN3O4S. The van der Waals surface area contributed by atoms with Crippen molar-refractivity contribution in [2.75, 3.05) is 40.5 Å². The molecule has 2 aromatic heterocycles. The van der Waals surface area contributed by atoms with Crippen molar-refractivity contribution in [1.29, 1.82) is 0 Å². The van der Waals surface area contributed by atoms with Gasteiger partial charge < -0.3 is 14.4 Å². The van der Waals surface area contributed by atoms with Crippen molar-refractivity contribution in [1.82, 2.24) is 14.5 Å². The van der Waals surface area contributed by atoms with Crippen LogP contribution in [0.3, 0.4) is 0 Å². The Kier molecular flexibility index (Phi) is 7.08. The van der Waals surface area contributed by atoms with Gasteiger partial charge in [0.1, 0.15) is 17.2 Å². The van der Waals surface area contributed by atoms with Gasteiger partial charge in [-0.2, -0.15) is 0 Å². The normalized spacial score (nSPS) is 11.1. The lowest BCUT2D eigenvalue weighted by Crippen LogP contribution is -2.40. The van der Waals surface area contributed by atoms with Gasteiger partial charge >= 0.3 is 0 Å². The Morgan fingerprint density at radius 1 is 1.17 bits per heavy atom. The van der Waals surface area contributed by atoms with Gasteiger partial charge in [-0.25, -0.2) is 9.37 Å². The van der Waals surface area contributed by atoms with E-state index < -0.39 is 0 Å². The van der Waals surface area contributed by atoms with Crippen molar-refractivity contribution in [3.63, 3.8) is 0 Å². The highest BCUT2D eigenvalue weighted by Crippen LogP contribution is 2.30. The number of halogens is 1. The second kappa shape index (κ2) is 9.73. The molecule has 154 valence electrons.